The fourth-order valence-corrected chi connectivity index (χ4v) is 3.72. The quantitative estimate of drug-likeness (QED) is 0.866. The normalized spacial score (nSPS) is 21.0. The minimum absolute atomic E-state index is 0.0424. The second-order valence-corrected chi connectivity index (χ2v) is 6.31. The highest BCUT2D eigenvalue weighted by molar-refractivity contribution is 7.89. The summed E-state index contributed by atoms with van der Waals surface area (Å²) < 4.78 is 39.5. The van der Waals surface area contributed by atoms with E-state index in [0.717, 1.165) is 12.1 Å². The summed E-state index contributed by atoms with van der Waals surface area (Å²) in [6, 6.07) is 4.77. The third-order valence-corrected chi connectivity index (χ3v) is 5.11. The molecule has 19 heavy (non-hydrogen) atoms. The summed E-state index contributed by atoms with van der Waals surface area (Å²) in [6.07, 6.45) is 0. The van der Waals surface area contributed by atoms with Crippen LogP contribution in [-0.4, -0.2) is 38.4 Å². The Kier molecular flexibility index (Phi) is 3.85. The van der Waals surface area contributed by atoms with Gasteiger partial charge in [0.1, 0.15) is 11.9 Å². The summed E-state index contributed by atoms with van der Waals surface area (Å²) in [4.78, 5) is -0.0424. The van der Waals surface area contributed by atoms with E-state index >= 15 is 0 Å². The molecule has 1 aliphatic rings. The number of benzene rings is 1. The average molecular weight is 283 g/mol. The molecule has 0 radical (unpaired) electrons. The number of rotatable bonds is 2. The molecule has 0 bridgehead atoms. The fourth-order valence-electron chi connectivity index (χ4n) is 2.07. The summed E-state index contributed by atoms with van der Waals surface area (Å²) in [5.41, 5.74) is -0.260. The van der Waals surface area contributed by atoms with Crippen molar-refractivity contribution >= 4 is 10.0 Å². The predicted octanol–water partition coefficient (Wildman–Crippen LogP) is 0.680. The molecule has 0 aromatic heterocycles. The van der Waals surface area contributed by atoms with Crippen molar-refractivity contribution in [3.05, 3.63) is 29.6 Å². The second kappa shape index (κ2) is 5.25. The Labute approximate surface area is 111 Å². The lowest BCUT2D eigenvalue weighted by molar-refractivity contribution is 0.284. The number of sulfonamides is 1. The summed E-state index contributed by atoms with van der Waals surface area (Å²) in [5, 5.41) is 11.9. The Morgan fingerprint density at radius 2 is 2.26 bits per heavy atom. The van der Waals surface area contributed by atoms with Crippen LogP contribution >= 0.6 is 0 Å². The molecule has 1 heterocycles. The molecule has 1 aromatic carbocycles. The standard InChI is InChI=1S/C12H14FN3O2S/c1-9-8-15-4-5-16(9)19(17,18)11-2-3-12(13)10(6-11)7-14/h2-3,6,9,15H,4-5,8H2,1H3/t9-/m0/s1. The molecule has 1 saturated heterocycles. The van der Waals surface area contributed by atoms with Gasteiger partial charge in [0, 0.05) is 25.7 Å². The van der Waals surface area contributed by atoms with Crippen LogP contribution in [0.1, 0.15) is 12.5 Å². The van der Waals surface area contributed by atoms with Gasteiger partial charge in [0.05, 0.1) is 10.5 Å². The molecule has 1 aliphatic heterocycles. The highest BCUT2D eigenvalue weighted by atomic mass is 32.2. The van der Waals surface area contributed by atoms with E-state index in [4.69, 9.17) is 5.26 Å². The molecule has 0 amide bonds. The zero-order valence-corrected chi connectivity index (χ0v) is 11.2. The van der Waals surface area contributed by atoms with Gasteiger partial charge >= 0.3 is 0 Å². The Morgan fingerprint density at radius 1 is 1.53 bits per heavy atom. The zero-order valence-electron chi connectivity index (χ0n) is 10.4. The van der Waals surface area contributed by atoms with Crippen LogP contribution in [0.5, 0.6) is 0 Å². The van der Waals surface area contributed by atoms with Crippen molar-refractivity contribution in [1.29, 1.82) is 5.26 Å². The van der Waals surface area contributed by atoms with Crippen LogP contribution in [0.25, 0.3) is 0 Å². The van der Waals surface area contributed by atoms with Gasteiger partial charge in [-0.15, -0.1) is 0 Å². The summed E-state index contributed by atoms with van der Waals surface area (Å²) in [7, 11) is -3.69. The van der Waals surface area contributed by atoms with Crippen molar-refractivity contribution in [2.24, 2.45) is 0 Å². The maximum absolute atomic E-state index is 13.2. The molecule has 1 atom stereocenters. The largest absolute Gasteiger partial charge is 0.314 e. The minimum Gasteiger partial charge on any atom is -0.314 e. The molecule has 0 aliphatic carbocycles. The van der Waals surface area contributed by atoms with Gasteiger partial charge in [-0.2, -0.15) is 9.57 Å². The minimum atomic E-state index is -3.69. The molecular weight excluding hydrogens is 269 g/mol. The SMILES string of the molecule is C[C@H]1CNCCN1S(=O)(=O)c1ccc(F)c(C#N)c1. The Morgan fingerprint density at radius 3 is 2.89 bits per heavy atom. The Balaban J connectivity index is 2.42. The second-order valence-electron chi connectivity index (χ2n) is 4.42. The molecule has 0 spiro atoms. The molecule has 1 N–H and O–H groups in total. The third-order valence-electron chi connectivity index (χ3n) is 3.11. The molecular formula is C12H14FN3O2S. The van der Waals surface area contributed by atoms with Gasteiger partial charge in [0.15, 0.2) is 0 Å². The van der Waals surface area contributed by atoms with Gasteiger partial charge in [-0.1, -0.05) is 0 Å². The number of nitrogens with zero attached hydrogens (tertiary/aromatic N) is 2. The van der Waals surface area contributed by atoms with Gasteiger partial charge in [-0.05, 0) is 25.1 Å². The van der Waals surface area contributed by atoms with Gasteiger partial charge in [-0.3, -0.25) is 0 Å². The molecule has 0 saturated carbocycles. The summed E-state index contributed by atoms with van der Waals surface area (Å²) in [5.74, 6) is -0.713. The lowest BCUT2D eigenvalue weighted by atomic mass is 10.2. The first-order valence-corrected chi connectivity index (χ1v) is 7.33. The van der Waals surface area contributed by atoms with E-state index in [0.29, 0.717) is 19.6 Å². The van der Waals surface area contributed by atoms with E-state index in [1.807, 2.05) is 0 Å². The first-order valence-electron chi connectivity index (χ1n) is 5.89. The predicted molar refractivity (Wildman–Crippen MR) is 67.3 cm³/mol. The van der Waals surface area contributed by atoms with Gasteiger partial charge in [0.2, 0.25) is 10.0 Å². The number of halogens is 1. The van der Waals surface area contributed by atoms with Crippen LogP contribution in [0.2, 0.25) is 0 Å². The van der Waals surface area contributed by atoms with Crippen LogP contribution < -0.4 is 5.32 Å². The fraction of sp³-hybridized carbons (Fsp3) is 0.417. The molecule has 2 rings (SSSR count). The van der Waals surface area contributed by atoms with Gasteiger partial charge in [0.25, 0.3) is 0 Å². The molecule has 0 unspecified atom stereocenters. The average Bonchev–Trinajstić information content (AvgIpc) is 2.39. The lowest BCUT2D eigenvalue weighted by Gasteiger charge is -2.32. The molecule has 5 nitrogen and oxygen atoms in total. The molecule has 1 fully saturated rings. The Bertz CT molecular complexity index is 624. The van der Waals surface area contributed by atoms with Crippen molar-refractivity contribution in [3.8, 4) is 6.07 Å². The highest BCUT2D eigenvalue weighted by Crippen LogP contribution is 2.21. The van der Waals surface area contributed by atoms with E-state index in [-0.39, 0.29) is 16.5 Å². The van der Waals surface area contributed by atoms with Crippen molar-refractivity contribution < 1.29 is 12.8 Å². The van der Waals surface area contributed by atoms with Crippen molar-refractivity contribution in [2.75, 3.05) is 19.6 Å². The van der Waals surface area contributed by atoms with Crippen LogP contribution in [-0.2, 0) is 10.0 Å². The monoisotopic (exact) mass is 283 g/mol. The topological polar surface area (TPSA) is 73.2 Å². The third kappa shape index (κ3) is 2.61. The van der Waals surface area contributed by atoms with E-state index < -0.39 is 15.8 Å². The van der Waals surface area contributed by atoms with Crippen molar-refractivity contribution in [3.63, 3.8) is 0 Å². The van der Waals surface area contributed by atoms with Gasteiger partial charge in [-0.25, -0.2) is 12.8 Å². The number of hydrogen-bond donors (Lipinski definition) is 1. The number of nitrogens with one attached hydrogen (secondary N) is 1. The molecule has 1 aromatic rings. The van der Waals surface area contributed by atoms with E-state index in [1.54, 1.807) is 13.0 Å². The van der Waals surface area contributed by atoms with Crippen LogP contribution in [0, 0.1) is 17.1 Å². The smallest absolute Gasteiger partial charge is 0.243 e. The summed E-state index contributed by atoms with van der Waals surface area (Å²) in [6.45, 7) is 3.32. The molecule has 7 heteroatoms. The van der Waals surface area contributed by atoms with Gasteiger partial charge < -0.3 is 5.32 Å². The van der Waals surface area contributed by atoms with Crippen LogP contribution in [0.4, 0.5) is 4.39 Å². The lowest BCUT2D eigenvalue weighted by Crippen LogP contribution is -2.52. The number of nitriles is 1. The number of piperazine rings is 1. The molecule has 102 valence electrons. The van der Waals surface area contributed by atoms with Crippen LogP contribution in [0.15, 0.2) is 23.1 Å². The van der Waals surface area contributed by atoms with Crippen LogP contribution in [0.3, 0.4) is 0 Å². The first kappa shape index (κ1) is 13.9. The highest BCUT2D eigenvalue weighted by Gasteiger charge is 2.31. The summed E-state index contributed by atoms with van der Waals surface area (Å²) >= 11 is 0. The maximum atomic E-state index is 13.2. The zero-order chi connectivity index (χ0) is 14.0. The number of hydrogen-bond acceptors (Lipinski definition) is 4. The first-order chi connectivity index (χ1) is 8.96. The van der Waals surface area contributed by atoms with Crippen molar-refractivity contribution in [1.82, 2.24) is 9.62 Å². The van der Waals surface area contributed by atoms with E-state index in [1.165, 1.54) is 10.4 Å². The van der Waals surface area contributed by atoms with Crippen molar-refractivity contribution in [2.45, 2.75) is 17.9 Å². The Hall–Kier alpha value is -1.49. The van der Waals surface area contributed by atoms with E-state index in [9.17, 15) is 12.8 Å². The maximum Gasteiger partial charge on any atom is 0.243 e. The van der Waals surface area contributed by atoms with E-state index in [2.05, 4.69) is 5.32 Å².